The highest BCUT2D eigenvalue weighted by atomic mass is 16.5. The summed E-state index contributed by atoms with van der Waals surface area (Å²) in [6.07, 6.45) is 5.07. The number of rotatable bonds is 5. The third kappa shape index (κ3) is 3.69. The molecule has 0 saturated carbocycles. The SMILES string of the molecule is CCC(C)c1c(Oc2ccccc2)cccc1N1CCCCC1. The Bertz CT molecular complexity index is 617. The van der Waals surface area contributed by atoms with Crippen LogP contribution in [0.2, 0.25) is 0 Å². The lowest BCUT2D eigenvalue weighted by molar-refractivity contribution is 0.469. The van der Waals surface area contributed by atoms with E-state index in [9.17, 15) is 0 Å². The summed E-state index contributed by atoms with van der Waals surface area (Å²) in [5.74, 6) is 2.41. The van der Waals surface area contributed by atoms with E-state index in [-0.39, 0.29) is 0 Å². The maximum absolute atomic E-state index is 6.24. The molecule has 2 aromatic carbocycles. The van der Waals surface area contributed by atoms with Gasteiger partial charge < -0.3 is 9.64 Å². The molecule has 2 heteroatoms. The normalized spacial score (nSPS) is 16.2. The van der Waals surface area contributed by atoms with Gasteiger partial charge in [-0.25, -0.2) is 0 Å². The fourth-order valence-electron chi connectivity index (χ4n) is 3.35. The first-order valence-electron chi connectivity index (χ1n) is 8.90. The first kappa shape index (κ1) is 15.9. The van der Waals surface area contributed by atoms with E-state index in [1.54, 1.807) is 0 Å². The van der Waals surface area contributed by atoms with Crippen LogP contribution in [0.4, 0.5) is 5.69 Å². The van der Waals surface area contributed by atoms with E-state index in [0.717, 1.165) is 31.0 Å². The van der Waals surface area contributed by atoms with Crippen molar-refractivity contribution in [1.82, 2.24) is 0 Å². The van der Waals surface area contributed by atoms with Crippen LogP contribution >= 0.6 is 0 Å². The molecule has 1 aliphatic heterocycles. The molecule has 0 aromatic heterocycles. The van der Waals surface area contributed by atoms with Crippen LogP contribution in [0.1, 0.15) is 51.0 Å². The van der Waals surface area contributed by atoms with Gasteiger partial charge in [-0.05, 0) is 55.9 Å². The van der Waals surface area contributed by atoms with Crippen molar-refractivity contribution in [3.63, 3.8) is 0 Å². The molecule has 2 nitrogen and oxygen atoms in total. The number of ether oxygens (including phenoxy) is 1. The Morgan fingerprint density at radius 3 is 2.39 bits per heavy atom. The van der Waals surface area contributed by atoms with E-state index in [1.165, 1.54) is 30.5 Å². The monoisotopic (exact) mass is 309 g/mol. The molecule has 0 radical (unpaired) electrons. The van der Waals surface area contributed by atoms with Gasteiger partial charge >= 0.3 is 0 Å². The smallest absolute Gasteiger partial charge is 0.132 e. The zero-order valence-corrected chi connectivity index (χ0v) is 14.3. The van der Waals surface area contributed by atoms with Crippen LogP contribution in [0.5, 0.6) is 11.5 Å². The van der Waals surface area contributed by atoms with Gasteiger partial charge in [-0.2, -0.15) is 0 Å². The number of hydrogen-bond acceptors (Lipinski definition) is 2. The highest BCUT2D eigenvalue weighted by Crippen LogP contribution is 2.40. The summed E-state index contributed by atoms with van der Waals surface area (Å²) in [7, 11) is 0. The molecule has 3 rings (SSSR count). The van der Waals surface area contributed by atoms with Crippen LogP contribution in [0.3, 0.4) is 0 Å². The molecule has 1 saturated heterocycles. The van der Waals surface area contributed by atoms with Crippen molar-refractivity contribution in [3.05, 3.63) is 54.1 Å². The molecule has 0 amide bonds. The molecule has 23 heavy (non-hydrogen) atoms. The summed E-state index contributed by atoms with van der Waals surface area (Å²) in [5.41, 5.74) is 2.73. The Kier molecular flexibility index (Phi) is 5.22. The molecule has 0 spiro atoms. The second-order valence-electron chi connectivity index (χ2n) is 6.46. The van der Waals surface area contributed by atoms with Gasteiger partial charge in [-0.1, -0.05) is 38.1 Å². The first-order chi connectivity index (χ1) is 11.3. The van der Waals surface area contributed by atoms with Gasteiger partial charge in [-0.3, -0.25) is 0 Å². The fraction of sp³-hybridized carbons (Fsp3) is 0.429. The van der Waals surface area contributed by atoms with Gasteiger partial charge in [0.15, 0.2) is 0 Å². The number of nitrogens with zero attached hydrogens (tertiary/aromatic N) is 1. The summed E-state index contributed by atoms with van der Waals surface area (Å²) in [6, 6.07) is 16.6. The van der Waals surface area contributed by atoms with Crippen molar-refractivity contribution in [1.29, 1.82) is 0 Å². The van der Waals surface area contributed by atoms with Crippen LogP contribution in [0.25, 0.3) is 0 Å². The minimum atomic E-state index is 0.492. The molecule has 1 atom stereocenters. The van der Waals surface area contributed by atoms with Gasteiger partial charge in [-0.15, -0.1) is 0 Å². The third-order valence-corrected chi connectivity index (χ3v) is 4.82. The molecule has 1 heterocycles. The summed E-state index contributed by atoms with van der Waals surface area (Å²) in [6.45, 7) is 6.89. The molecule has 2 aromatic rings. The van der Waals surface area contributed by atoms with Crippen LogP contribution < -0.4 is 9.64 Å². The maximum Gasteiger partial charge on any atom is 0.132 e. The topological polar surface area (TPSA) is 12.5 Å². The lowest BCUT2D eigenvalue weighted by Crippen LogP contribution is -2.30. The molecule has 1 aliphatic rings. The Morgan fingerprint density at radius 1 is 0.957 bits per heavy atom. The predicted molar refractivity (Wildman–Crippen MR) is 97.7 cm³/mol. The van der Waals surface area contributed by atoms with E-state index in [1.807, 2.05) is 30.3 Å². The number of hydrogen-bond donors (Lipinski definition) is 0. The van der Waals surface area contributed by atoms with Gasteiger partial charge in [0.05, 0.1) is 0 Å². The molecule has 0 N–H and O–H groups in total. The zero-order chi connectivity index (χ0) is 16.1. The summed E-state index contributed by atoms with van der Waals surface area (Å²) >= 11 is 0. The lowest BCUT2D eigenvalue weighted by atomic mass is 9.94. The quantitative estimate of drug-likeness (QED) is 0.673. The second kappa shape index (κ2) is 7.54. The molecule has 0 aliphatic carbocycles. The number of anilines is 1. The largest absolute Gasteiger partial charge is 0.457 e. The van der Waals surface area contributed by atoms with Crippen LogP contribution in [0.15, 0.2) is 48.5 Å². The van der Waals surface area contributed by atoms with Crippen molar-refractivity contribution >= 4 is 5.69 Å². The lowest BCUT2D eigenvalue weighted by Gasteiger charge is -2.32. The standard InChI is InChI=1S/C21H27NO/c1-3-17(2)21-19(22-15-8-5-9-16-22)13-10-14-20(21)23-18-11-6-4-7-12-18/h4,6-7,10-14,17H,3,5,8-9,15-16H2,1-2H3. The van der Waals surface area contributed by atoms with Crippen molar-refractivity contribution in [2.45, 2.75) is 45.4 Å². The van der Waals surface area contributed by atoms with Crippen LogP contribution in [-0.4, -0.2) is 13.1 Å². The number of piperidine rings is 1. The average Bonchev–Trinajstić information content (AvgIpc) is 2.62. The Balaban J connectivity index is 1.97. The Morgan fingerprint density at radius 2 is 1.70 bits per heavy atom. The van der Waals surface area contributed by atoms with E-state index in [2.05, 4.69) is 36.9 Å². The predicted octanol–water partition coefficient (Wildman–Crippen LogP) is 5.98. The number of para-hydroxylation sites is 1. The van der Waals surface area contributed by atoms with E-state index < -0.39 is 0 Å². The van der Waals surface area contributed by atoms with E-state index >= 15 is 0 Å². The zero-order valence-electron chi connectivity index (χ0n) is 14.3. The van der Waals surface area contributed by atoms with Gasteiger partial charge in [0.25, 0.3) is 0 Å². The molecule has 1 unspecified atom stereocenters. The molecular weight excluding hydrogens is 282 g/mol. The first-order valence-corrected chi connectivity index (χ1v) is 8.90. The van der Waals surface area contributed by atoms with Crippen LogP contribution in [0, 0.1) is 0 Å². The Labute approximate surface area is 140 Å². The van der Waals surface area contributed by atoms with E-state index in [0.29, 0.717) is 5.92 Å². The number of benzene rings is 2. The summed E-state index contributed by atoms with van der Waals surface area (Å²) in [4.78, 5) is 2.54. The minimum Gasteiger partial charge on any atom is -0.457 e. The highest BCUT2D eigenvalue weighted by Gasteiger charge is 2.21. The van der Waals surface area contributed by atoms with Gasteiger partial charge in [0, 0.05) is 24.3 Å². The minimum absolute atomic E-state index is 0.492. The molecule has 122 valence electrons. The molecule has 1 fully saturated rings. The van der Waals surface area contributed by atoms with Crippen molar-refractivity contribution in [2.24, 2.45) is 0 Å². The van der Waals surface area contributed by atoms with E-state index in [4.69, 9.17) is 4.74 Å². The second-order valence-corrected chi connectivity index (χ2v) is 6.46. The van der Waals surface area contributed by atoms with Crippen molar-refractivity contribution in [2.75, 3.05) is 18.0 Å². The highest BCUT2D eigenvalue weighted by molar-refractivity contribution is 5.61. The van der Waals surface area contributed by atoms with Crippen LogP contribution in [-0.2, 0) is 0 Å². The van der Waals surface area contributed by atoms with Crippen molar-refractivity contribution < 1.29 is 4.74 Å². The van der Waals surface area contributed by atoms with Gasteiger partial charge in [0.1, 0.15) is 11.5 Å². The summed E-state index contributed by atoms with van der Waals surface area (Å²) < 4.78 is 6.24. The molecule has 0 bridgehead atoms. The van der Waals surface area contributed by atoms with Crippen molar-refractivity contribution in [3.8, 4) is 11.5 Å². The molecular formula is C21H27NO. The maximum atomic E-state index is 6.24. The Hall–Kier alpha value is -1.96. The summed E-state index contributed by atoms with van der Waals surface area (Å²) in [5, 5.41) is 0. The average molecular weight is 309 g/mol. The third-order valence-electron chi connectivity index (χ3n) is 4.82. The van der Waals surface area contributed by atoms with Gasteiger partial charge in [0.2, 0.25) is 0 Å². The fourth-order valence-corrected chi connectivity index (χ4v) is 3.35.